The highest BCUT2D eigenvalue weighted by Crippen LogP contribution is 2.32. The van der Waals surface area contributed by atoms with Crippen molar-refractivity contribution in [3.63, 3.8) is 0 Å². The molecule has 4 nitrogen and oxygen atoms in total. The van der Waals surface area contributed by atoms with Gasteiger partial charge in [0.2, 0.25) is 0 Å². The third-order valence-electron chi connectivity index (χ3n) is 3.74. The molecule has 2 rings (SSSR count). The number of nitrogens with one attached hydrogen (secondary N) is 1. The molecule has 1 heterocycles. The molecule has 1 saturated heterocycles. The molecule has 0 spiro atoms. The third kappa shape index (κ3) is 3.57. The molecule has 1 aliphatic heterocycles. The van der Waals surface area contributed by atoms with Crippen LogP contribution in [-0.4, -0.2) is 39.9 Å². The largest absolute Gasteiger partial charge is 0.493 e. The maximum absolute atomic E-state index is 5.39. The fourth-order valence-electron chi connectivity index (χ4n) is 2.81. The van der Waals surface area contributed by atoms with Crippen LogP contribution in [0, 0.1) is 5.92 Å². The van der Waals surface area contributed by atoms with E-state index in [-0.39, 0.29) is 0 Å². The molecule has 1 N–H and O–H groups in total. The lowest BCUT2D eigenvalue weighted by Gasteiger charge is -2.36. The Hall–Kier alpha value is -1.42. The number of methoxy groups -OCH3 is 2. The van der Waals surface area contributed by atoms with Crippen molar-refractivity contribution in [3.05, 3.63) is 18.2 Å². The molecule has 112 valence electrons. The van der Waals surface area contributed by atoms with Gasteiger partial charge in [0.15, 0.2) is 11.5 Å². The summed E-state index contributed by atoms with van der Waals surface area (Å²) in [6.07, 6.45) is 1.21. The molecule has 1 fully saturated rings. The molecule has 0 saturated carbocycles. The Bertz CT molecular complexity index is 434. The number of piperazine rings is 1. The summed E-state index contributed by atoms with van der Waals surface area (Å²) in [7, 11) is 3.35. The standard InChI is InChI=1S/C16H26N2O2/c1-12(2)9-13-11-18(8-7-17-13)14-5-6-15(19-3)16(10-14)20-4/h5-6,10,12-13,17H,7-9,11H2,1-4H3. The zero-order valence-electron chi connectivity index (χ0n) is 13.0. The molecular weight excluding hydrogens is 252 g/mol. The zero-order valence-corrected chi connectivity index (χ0v) is 13.0. The van der Waals surface area contributed by atoms with E-state index in [1.54, 1.807) is 14.2 Å². The predicted octanol–water partition coefficient (Wildman–Crippen LogP) is 2.53. The zero-order chi connectivity index (χ0) is 14.5. The molecule has 0 radical (unpaired) electrons. The van der Waals surface area contributed by atoms with Gasteiger partial charge in [-0.1, -0.05) is 13.8 Å². The second kappa shape index (κ2) is 6.84. The maximum atomic E-state index is 5.39. The number of benzene rings is 1. The van der Waals surface area contributed by atoms with Gasteiger partial charge in [0, 0.05) is 37.4 Å². The molecule has 1 atom stereocenters. The van der Waals surface area contributed by atoms with Gasteiger partial charge in [-0.3, -0.25) is 0 Å². The van der Waals surface area contributed by atoms with Gasteiger partial charge in [0.25, 0.3) is 0 Å². The molecule has 0 aromatic heterocycles. The highest BCUT2D eigenvalue weighted by molar-refractivity contribution is 5.56. The summed E-state index contributed by atoms with van der Waals surface area (Å²) < 4.78 is 10.7. The predicted molar refractivity (Wildman–Crippen MR) is 83.0 cm³/mol. The summed E-state index contributed by atoms with van der Waals surface area (Å²) in [6, 6.07) is 6.72. The Morgan fingerprint density at radius 1 is 1.25 bits per heavy atom. The Labute approximate surface area is 122 Å². The smallest absolute Gasteiger partial charge is 0.162 e. The van der Waals surface area contributed by atoms with Gasteiger partial charge < -0.3 is 19.7 Å². The molecule has 0 aliphatic carbocycles. The van der Waals surface area contributed by atoms with Crippen LogP contribution in [0.2, 0.25) is 0 Å². The second-order valence-corrected chi connectivity index (χ2v) is 5.77. The molecule has 4 heteroatoms. The van der Waals surface area contributed by atoms with E-state index in [1.165, 1.54) is 12.1 Å². The SMILES string of the molecule is COc1ccc(N2CCNC(CC(C)C)C2)cc1OC. The first kappa shape index (κ1) is 15.0. The fraction of sp³-hybridized carbons (Fsp3) is 0.625. The van der Waals surface area contributed by atoms with E-state index in [0.29, 0.717) is 6.04 Å². The molecule has 0 bridgehead atoms. The van der Waals surface area contributed by atoms with Gasteiger partial charge in [0.1, 0.15) is 0 Å². The summed E-state index contributed by atoms with van der Waals surface area (Å²) >= 11 is 0. The van der Waals surface area contributed by atoms with Crippen molar-refractivity contribution in [2.45, 2.75) is 26.3 Å². The normalized spacial score (nSPS) is 19.2. The quantitative estimate of drug-likeness (QED) is 0.897. The Morgan fingerprint density at radius 3 is 2.65 bits per heavy atom. The molecule has 1 unspecified atom stereocenters. The Balaban J connectivity index is 2.10. The Morgan fingerprint density at radius 2 is 2.00 bits per heavy atom. The van der Waals surface area contributed by atoms with Gasteiger partial charge >= 0.3 is 0 Å². The van der Waals surface area contributed by atoms with Crippen molar-refractivity contribution in [1.29, 1.82) is 0 Å². The van der Waals surface area contributed by atoms with E-state index in [9.17, 15) is 0 Å². The molecule has 0 amide bonds. The second-order valence-electron chi connectivity index (χ2n) is 5.77. The number of hydrogen-bond donors (Lipinski definition) is 1. The van der Waals surface area contributed by atoms with Crippen LogP contribution in [0.15, 0.2) is 18.2 Å². The summed E-state index contributed by atoms with van der Waals surface area (Å²) in [6.45, 7) is 7.66. The lowest BCUT2D eigenvalue weighted by molar-refractivity contribution is 0.354. The minimum atomic E-state index is 0.567. The van der Waals surface area contributed by atoms with Gasteiger partial charge in [0.05, 0.1) is 14.2 Å². The average molecular weight is 278 g/mol. The molecular formula is C16H26N2O2. The lowest BCUT2D eigenvalue weighted by Crippen LogP contribution is -2.51. The summed E-state index contributed by atoms with van der Waals surface area (Å²) in [5.41, 5.74) is 1.21. The monoisotopic (exact) mass is 278 g/mol. The van der Waals surface area contributed by atoms with Gasteiger partial charge in [-0.2, -0.15) is 0 Å². The summed E-state index contributed by atoms with van der Waals surface area (Å²) in [5.74, 6) is 2.30. The van der Waals surface area contributed by atoms with Crippen LogP contribution in [0.3, 0.4) is 0 Å². The van der Waals surface area contributed by atoms with Crippen LogP contribution in [0.1, 0.15) is 20.3 Å². The minimum absolute atomic E-state index is 0.567. The van der Waals surface area contributed by atoms with E-state index in [0.717, 1.165) is 37.1 Å². The number of anilines is 1. The lowest BCUT2D eigenvalue weighted by atomic mass is 10.0. The number of rotatable bonds is 5. The van der Waals surface area contributed by atoms with E-state index in [2.05, 4.69) is 36.2 Å². The average Bonchev–Trinajstić information content (AvgIpc) is 2.46. The van der Waals surface area contributed by atoms with Gasteiger partial charge in [-0.05, 0) is 24.5 Å². The topological polar surface area (TPSA) is 33.7 Å². The van der Waals surface area contributed by atoms with E-state index >= 15 is 0 Å². The van der Waals surface area contributed by atoms with Crippen molar-refractivity contribution in [2.75, 3.05) is 38.8 Å². The number of nitrogens with zero attached hydrogens (tertiary/aromatic N) is 1. The van der Waals surface area contributed by atoms with Crippen LogP contribution in [-0.2, 0) is 0 Å². The van der Waals surface area contributed by atoms with Gasteiger partial charge in [-0.25, -0.2) is 0 Å². The molecule has 1 aromatic carbocycles. The van der Waals surface area contributed by atoms with E-state index in [4.69, 9.17) is 9.47 Å². The molecule has 1 aromatic rings. The highest BCUT2D eigenvalue weighted by atomic mass is 16.5. The Kier molecular flexibility index (Phi) is 5.12. The van der Waals surface area contributed by atoms with E-state index < -0.39 is 0 Å². The van der Waals surface area contributed by atoms with Crippen molar-refractivity contribution >= 4 is 5.69 Å². The number of ether oxygens (including phenoxy) is 2. The molecule has 1 aliphatic rings. The fourth-order valence-corrected chi connectivity index (χ4v) is 2.81. The number of hydrogen-bond acceptors (Lipinski definition) is 4. The summed E-state index contributed by atoms with van der Waals surface area (Å²) in [5, 5.41) is 3.60. The maximum Gasteiger partial charge on any atom is 0.162 e. The van der Waals surface area contributed by atoms with Crippen LogP contribution >= 0.6 is 0 Å². The first-order chi connectivity index (χ1) is 9.63. The van der Waals surface area contributed by atoms with E-state index in [1.807, 2.05) is 6.07 Å². The van der Waals surface area contributed by atoms with Crippen LogP contribution in [0.25, 0.3) is 0 Å². The minimum Gasteiger partial charge on any atom is -0.493 e. The summed E-state index contributed by atoms with van der Waals surface area (Å²) in [4.78, 5) is 2.42. The van der Waals surface area contributed by atoms with Gasteiger partial charge in [-0.15, -0.1) is 0 Å². The van der Waals surface area contributed by atoms with Crippen LogP contribution < -0.4 is 19.7 Å². The highest BCUT2D eigenvalue weighted by Gasteiger charge is 2.21. The van der Waals surface area contributed by atoms with Crippen molar-refractivity contribution in [2.24, 2.45) is 5.92 Å². The molecule has 20 heavy (non-hydrogen) atoms. The van der Waals surface area contributed by atoms with Crippen molar-refractivity contribution < 1.29 is 9.47 Å². The van der Waals surface area contributed by atoms with Crippen LogP contribution in [0.5, 0.6) is 11.5 Å². The third-order valence-corrected chi connectivity index (χ3v) is 3.74. The van der Waals surface area contributed by atoms with Crippen molar-refractivity contribution in [1.82, 2.24) is 5.32 Å². The van der Waals surface area contributed by atoms with Crippen LogP contribution in [0.4, 0.5) is 5.69 Å². The first-order valence-electron chi connectivity index (χ1n) is 7.34. The first-order valence-corrected chi connectivity index (χ1v) is 7.34. The van der Waals surface area contributed by atoms with Crippen molar-refractivity contribution in [3.8, 4) is 11.5 Å².